The number of anilines is 1. The first-order chi connectivity index (χ1) is 12.9. The molecular weight excluding hydrogens is 350 g/mol. The van der Waals surface area contributed by atoms with Gasteiger partial charge in [0.2, 0.25) is 11.8 Å². The van der Waals surface area contributed by atoms with Crippen LogP contribution in [0.1, 0.15) is 24.0 Å². The lowest BCUT2D eigenvalue weighted by molar-refractivity contribution is -0.133. The lowest BCUT2D eigenvalue weighted by Gasteiger charge is -2.31. The summed E-state index contributed by atoms with van der Waals surface area (Å²) in [7, 11) is 0. The molecule has 3 rings (SSSR count). The number of benzene rings is 2. The van der Waals surface area contributed by atoms with E-state index < -0.39 is 11.6 Å². The number of hydrogen-bond donors (Lipinski definition) is 1. The van der Waals surface area contributed by atoms with Crippen molar-refractivity contribution in [2.75, 3.05) is 18.4 Å². The number of likely N-dealkylation sites (tertiary alicyclic amines) is 1. The molecule has 142 valence electrons. The summed E-state index contributed by atoms with van der Waals surface area (Å²) in [6, 6.07) is 10.9. The molecule has 27 heavy (non-hydrogen) atoms. The fraction of sp³-hybridized carbons (Fsp3) is 0.333. The molecule has 0 unspecified atom stereocenters. The van der Waals surface area contributed by atoms with Gasteiger partial charge in [0.15, 0.2) is 0 Å². The van der Waals surface area contributed by atoms with E-state index in [-0.39, 0.29) is 23.4 Å². The molecule has 0 aliphatic carbocycles. The van der Waals surface area contributed by atoms with Crippen LogP contribution in [0.4, 0.5) is 14.5 Å². The number of amides is 2. The lowest BCUT2D eigenvalue weighted by Crippen LogP contribution is -2.42. The fourth-order valence-corrected chi connectivity index (χ4v) is 3.33. The third-order valence-electron chi connectivity index (χ3n) is 4.85. The maximum absolute atomic E-state index is 13.7. The van der Waals surface area contributed by atoms with Crippen molar-refractivity contribution >= 4 is 17.5 Å². The van der Waals surface area contributed by atoms with Crippen LogP contribution < -0.4 is 5.32 Å². The molecule has 2 amide bonds. The Morgan fingerprint density at radius 3 is 2.52 bits per heavy atom. The molecule has 0 aromatic heterocycles. The van der Waals surface area contributed by atoms with Crippen LogP contribution in [-0.4, -0.2) is 29.8 Å². The Bertz CT molecular complexity index is 846. The SMILES string of the molecule is Cc1cccc(CC(=O)N2CCC(C(=O)Nc3ccc(F)cc3F)CC2)c1. The quantitative estimate of drug-likeness (QED) is 0.890. The molecule has 1 heterocycles. The van der Waals surface area contributed by atoms with Gasteiger partial charge in [-0.15, -0.1) is 0 Å². The van der Waals surface area contributed by atoms with E-state index in [9.17, 15) is 18.4 Å². The van der Waals surface area contributed by atoms with Crippen LogP contribution in [0.2, 0.25) is 0 Å². The van der Waals surface area contributed by atoms with Crippen LogP contribution in [0, 0.1) is 24.5 Å². The normalized spacial score (nSPS) is 14.9. The van der Waals surface area contributed by atoms with Gasteiger partial charge < -0.3 is 10.2 Å². The number of carbonyl (C=O) groups is 2. The summed E-state index contributed by atoms with van der Waals surface area (Å²) in [6.07, 6.45) is 1.39. The lowest BCUT2D eigenvalue weighted by atomic mass is 9.95. The van der Waals surface area contributed by atoms with Crippen LogP contribution in [0.25, 0.3) is 0 Å². The second-order valence-corrected chi connectivity index (χ2v) is 6.93. The molecule has 4 nitrogen and oxygen atoms in total. The minimum Gasteiger partial charge on any atom is -0.342 e. The van der Waals surface area contributed by atoms with Gasteiger partial charge in [0.05, 0.1) is 12.1 Å². The predicted octanol–water partition coefficient (Wildman–Crippen LogP) is 3.69. The van der Waals surface area contributed by atoms with Crippen LogP contribution in [0.3, 0.4) is 0 Å². The molecule has 2 aromatic rings. The second kappa shape index (κ2) is 8.29. The predicted molar refractivity (Wildman–Crippen MR) is 99.2 cm³/mol. The number of piperidine rings is 1. The molecule has 1 saturated heterocycles. The molecule has 0 spiro atoms. The van der Waals surface area contributed by atoms with Gasteiger partial charge in [0.1, 0.15) is 11.6 Å². The zero-order chi connectivity index (χ0) is 19.4. The van der Waals surface area contributed by atoms with Crippen molar-refractivity contribution in [1.29, 1.82) is 0 Å². The minimum absolute atomic E-state index is 0.0284. The Morgan fingerprint density at radius 1 is 1.11 bits per heavy atom. The number of carbonyl (C=O) groups excluding carboxylic acids is 2. The molecule has 0 radical (unpaired) electrons. The molecule has 1 fully saturated rings. The number of aryl methyl sites for hydroxylation is 1. The zero-order valence-corrected chi connectivity index (χ0v) is 15.2. The van der Waals surface area contributed by atoms with Crippen molar-refractivity contribution < 1.29 is 18.4 Å². The van der Waals surface area contributed by atoms with Crippen LogP contribution in [-0.2, 0) is 16.0 Å². The Hall–Kier alpha value is -2.76. The van der Waals surface area contributed by atoms with Crippen molar-refractivity contribution in [3.05, 3.63) is 65.2 Å². The highest BCUT2D eigenvalue weighted by Gasteiger charge is 2.27. The number of halogens is 2. The summed E-state index contributed by atoms with van der Waals surface area (Å²) in [5, 5.41) is 2.51. The first-order valence-electron chi connectivity index (χ1n) is 9.01. The summed E-state index contributed by atoms with van der Waals surface area (Å²) in [5.41, 5.74) is 2.06. The zero-order valence-electron chi connectivity index (χ0n) is 15.2. The van der Waals surface area contributed by atoms with Crippen molar-refractivity contribution in [2.24, 2.45) is 5.92 Å². The average Bonchev–Trinajstić information content (AvgIpc) is 2.64. The summed E-state index contributed by atoms with van der Waals surface area (Å²) < 4.78 is 26.6. The maximum Gasteiger partial charge on any atom is 0.227 e. The van der Waals surface area contributed by atoms with E-state index in [0.717, 1.165) is 23.3 Å². The highest BCUT2D eigenvalue weighted by Crippen LogP contribution is 2.22. The Morgan fingerprint density at radius 2 is 1.85 bits per heavy atom. The Balaban J connectivity index is 1.52. The molecule has 1 aliphatic rings. The largest absolute Gasteiger partial charge is 0.342 e. The fourth-order valence-electron chi connectivity index (χ4n) is 3.33. The molecule has 1 aliphatic heterocycles. The monoisotopic (exact) mass is 372 g/mol. The number of nitrogens with zero attached hydrogens (tertiary/aromatic N) is 1. The second-order valence-electron chi connectivity index (χ2n) is 6.93. The average molecular weight is 372 g/mol. The van der Waals surface area contributed by atoms with Crippen molar-refractivity contribution in [3.63, 3.8) is 0 Å². The van der Waals surface area contributed by atoms with Gasteiger partial charge >= 0.3 is 0 Å². The molecule has 2 aromatic carbocycles. The molecule has 0 saturated carbocycles. The van der Waals surface area contributed by atoms with Crippen LogP contribution in [0.5, 0.6) is 0 Å². The van der Waals surface area contributed by atoms with Gasteiger partial charge in [-0.1, -0.05) is 29.8 Å². The van der Waals surface area contributed by atoms with Gasteiger partial charge in [-0.3, -0.25) is 9.59 Å². The van der Waals surface area contributed by atoms with Crippen molar-refractivity contribution in [3.8, 4) is 0 Å². The Labute approximate surface area is 157 Å². The minimum atomic E-state index is -0.797. The van der Waals surface area contributed by atoms with Crippen molar-refractivity contribution in [1.82, 2.24) is 4.90 Å². The van der Waals surface area contributed by atoms with Gasteiger partial charge in [-0.2, -0.15) is 0 Å². The smallest absolute Gasteiger partial charge is 0.227 e. The van der Waals surface area contributed by atoms with E-state index >= 15 is 0 Å². The van der Waals surface area contributed by atoms with E-state index in [1.54, 1.807) is 4.90 Å². The molecular formula is C21H22F2N2O2. The summed E-state index contributed by atoms with van der Waals surface area (Å²) in [4.78, 5) is 26.6. The molecule has 0 atom stereocenters. The number of rotatable bonds is 4. The van der Waals surface area contributed by atoms with Crippen molar-refractivity contribution in [2.45, 2.75) is 26.2 Å². The van der Waals surface area contributed by atoms with Gasteiger partial charge in [0.25, 0.3) is 0 Å². The summed E-state index contributed by atoms with van der Waals surface area (Å²) >= 11 is 0. The number of nitrogens with one attached hydrogen (secondary N) is 1. The summed E-state index contributed by atoms with van der Waals surface area (Å²) in [5.74, 6) is -2.03. The van der Waals surface area contributed by atoms with Crippen LogP contribution in [0.15, 0.2) is 42.5 Å². The topological polar surface area (TPSA) is 49.4 Å². The third kappa shape index (κ3) is 4.90. The summed E-state index contributed by atoms with van der Waals surface area (Å²) in [6.45, 7) is 2.98. The van der Waals surface area contributed by atoms with E-state index in [0.29, 0.717) is 32.4 Å². The van der Waals surface area contributed by atoms with Gasteiger partial charge in [-0.05, 0) is 37.5 Å². The third-order valence-corrected chi connectivity index (χ3v) is 4.85. The Kier molecular flexibility index (Phi) is 5.84. The van der Waals surface area contributed by atoms with Crippen LogP contribution >= 0.6 is 0 Å². The number of hydrogen-bond acceptors (Lipinski definition) is 2. The highest BCUT2D eigenvalue weighted by atomic mass is 19.1. The highest BCUT2D eigenvalue weighted by molar-refractivity contribution is 5.92. The van der Waals surface area contributed by atoms with E-state index in [1.165, 1.54) is 6.07 Å². The van der Waals surface area contributed by atoms with E-state index in [2.05, 4.69) is 5.32 Å². The maximum atomic E-state index is 13.7. The van der Waals surface area contributed by atoms with E-state index in [1.807, 2.05) is 31.2 Å². The molecule has 1 N–H and O–H groups in total. The first kappa shape index (κ1) is 19.0. The standard InChI is InChI=1S/C21H22F2N2O2/c1-14-3-2-4-15(11-14)12-20(26)25-9-7-16(8-10-25)21(27)24-19-6-5-17(22)13-18(19)23/h2-6,11,13,16H,7-10,12H2,1H3,(H,24,27). The molecule has 0 bridgehead atoms. The van der Waals surface area contributed by atoms with Gasteiger partial charge in [-0.25, -0.2) is 8.78 Å². The first-order valence-corrected chi connectivity index (χ1v) is 9.01. The van der Waals surface area contributed by atoms with Gasteiger partial charge in [0, 0.05) is 25.1 Å². The van der Waals surface area contributed by atoms with E-state index in [4.69, 9.17) is 0 Å². The molecule has 6 heteroatoms.